The van der Waals surface area contributed by atoms with Gasteiger partial charge in [0.05, 0.1) is 16.1 Å². The number of aromatic nitrogens is 1. The number of sulfone groups is 1. The van der Waals surface area contributed by atoms with Crippen LogP contribution in [0.25, 0.3) is 0 Å². The van der Waals surface area contributed by atoms with E-state index >= 15 is 0 Å². The van der Waals surface area contributed by atoms with Crippen LogP contribution in [-0.4, -0.2) is 44.6 Å². The number of aryl methyl sites for hydroxylation is 1. The Morgan fingerprint density at radius 1 is 1.07 bits per heavy atom. The Hall–Kier alpha value is -3.43. The minimum atomic E-state index is -3.53. The molecule has 1 saturated carbocycles. The van der Waals surface area contributed by atoms with Gasteiger partial charge in [-0.1, -0.05) is 47.5 Å². The van der Waals surface area contributed by atoms with Crippen LogP contribution >= 0.6 is 11.6 Å². The Kier molecular flexibility index (Phi) is 7.88. The smallest absolute Gasteiger partial charge is 0.255 e. The fourth-order valence-corrected chi connectivity index (χ4v) is 5.99. The Balaban J connectivity index is 1.24. The number of nitrogens with one attached hydrogen (secondary N) is 2. The summed E-state index contributed by atoms with van der Waals surface area (Å²) < 4.78 is 24.4. The Bertz CT molecular complexity index is 1530. The molecule has 2 aliphatic rings. The highest BCUT2D eigenvalue weighted by Crippen LogP contribution is 2.45. The molecule has 0 radical (unpaired) electrons. The number of rotatable bonds is 8. The predicted molar refractivity (Wildman–Crippen MR) is 157 cm³/mol. The van der Waals surface area contributed by atoms with Crippen LogP contribution in [0.4, 0.5) is 11.5 Å². The molecule has 2 amide bonds. The molecule has 2 fully saturated rings. The van der Waals surface area contributed by atoms with Gasteiger partial charge in [-0.3, -0.25) is 9.59 Å². The molecule has 3 aromatic rings. The minimum Gasteiger partial charge on any atom is -0.355 e. The van der Waals surface area contributed by atoms with Gasteiger partial charge in [-0.05, 0) is 68.4 Å². The molecule has 0 unspecified atom stereocenters. The van der Waals surface area contributed by atoms with Crippen LogP contribution in [0.1, 0.15) is 53.6 Å². The average Bonchev–Trinajstić information content (AvgIpc) is 3.69. The molecule has 2 aromatic carbocycles. The van der Waals surface area contributed by atoms with E-state index in [0.29, 0.717) is 41.6 Å². The highest BCUT2D eigenvalue weighted by molar-refractivity contribution is 7.90. The lowest BCUT2D eigenvalue weighted by Gasteiger charge is -2.34. The van der Waals surface area contributed by atoms with Gasteiger partial charge in [-0.25, -0.2) is 13.4 Å². The molecule has 1 aliphatic heterocycles. The first-order valence-corrected chi connectivity index (χ1v) is 15.7. The first-order chi connectivity index (χ1) is 19.0. The molecule has 10 heteroatoms. The number of benzene rings is 2. The van der Waals surface area contributed by atoms with E-state index in [1.165, 1.54) is 17.8 Å². The number of piperidine rings is 1. The van der Waals surface area contributed by atoms with Crippen LogP contribution in [0.2, 0.25) is 5.02 Å². The quantitative estimate of drug-likeness (QED) is 0.383. The van der Waals surface area contributed by atoms with Crippen LogP contribution in [0.5, 0.6) is 0 Å². The Morgan fingerprint density at radius 2 is 1.77 bits per heavy atom. The van der Waals surface area contributed by atoms with Crippen molar-refractivity contribution < 1.29 is 18.0 Å². The van der Waals surface area contributed by atoms with Gasteiger partial charge < -0.3 is 15.5 Å². The lowest BCUT2D eigenvalue weighted by Crippen LogP contribution is -2.39. The molecule has 0 bridgehead atoms. The molecule has 1 saturated heterocycles. The summed E-state index contributed by atoms with van der Waals surface area (Å²) in [6.45, 7) is 3.32. The molecule has 1 aromatic heterocycles. The third-order valence-electron chi connectivity index (χ3n) is 7.73. The van der Waals surface area contributed by atoms with E-state index in [2.05, 4.69) is 46.8 Å². The Labute approximate surface area is 240 Å². The van der Waals surface area contributed by atoms with Crippen LogP contribution in [0.15, 0.2) is 65.7 Å². The molecular formula is C30H33ClN4O4S. The number of halogens is 1. The lowest BCUT2D eigenvalue weighted by atomic mass is 9.92. The lowest BCUT2D eigenvalue weighted by molar-refractivity contribution is -0.123. The molecule has 1 aliphatic carbocycles. The monoisotopic (exact) mass is 580 g/mol. The van der Waals surface area contributed by atoms with Crippen LogP contribution in [0, 0.1) is 12.8 Å². The summed E-state index contributed by atoms with van der Waals surface area (Å²) in [5, 5.41) is 6.54. The first-order valence-electron chi connectivity index (χ1n) is 13.4. The second-order valence-corrected chi connectivity index (χ2v) is 13.4. The standard InChI is InChI=1S/C30H33ClN4O4S/c1-20-6-8-23(9-7-20)30(12-13-30)34-27(36)16-21-10-14-35(15-11-21)28-26(18-25(19-32-28)40(2,38)39)33-29(37)22-4-3-5-24(31)17-22/h3-9,17-19,21H,10-16H2,1-2H3,(H,33,37)(H,34,36). The summed E-state index contributed by atoms with van der Waals surface area (Å²) in [5.41, 5.74) is 2.81. The summed E-state index contributed by atoms with van der Waals surface area (Å²) in [6, 6.07) is 16.3. The highest BCUT2D eigenvalue weighted by Gasteiger charge is 2.45. The molecule has 2 heterocycles. The first kappa shape index (κ1) is 28.1. The summed E-state index contributed by atoms with van der Waals surface area (Å²) in [4.78, 5) is 32.4. The fraction of sp³-hybridized carbons (Fsp3) is 0.367. The van der Waals surface area contributed by atoms with E-state index in [1.807, 2.05) is 4.90 Å². The summed E-state index contributed by atoms with van der Waals surface area (Å²) in [7, 11) is -3.53. The van der Waals surface area contributed by atoms with Gasteiger partial charge in [0, 0.05) is 42.5 Å². The molecule has 0 spiro atoms. The molecule has 8 nitrogen and oxygen atoms in total. The molecular weight excluding hydrogens is 548 g/mol. The van der Waals surface area contributed by atoms with Gasteiger partial charge in [0.2, 0.25) is 5.91 Å². The van der Waals surface area contributed by atoms with Gasteiger partial charge in [-0.2, -0.15) is 0 Å². The largest absolute Gasteiger partial charge is 0.355 e. The summed E-state index contributed by atoms with van der Waals surface area (Å²) in [5.74, 6) is 0.388. The molecule has 210 valence electrons. The van der Waals surface area contributed by atoms with E-state index in [4.69, 9.17) is 11.6 Å². The predicted octanol–water partition coefficient (Wildman–Crippen LogP) is 5.11. The number of anilines is 2. The third-order valence-corrected chi connectivity index (χ3v) is 9.04. The van der Waals surface area contributed by atoms with E-state index in [0.717, 1.165) is 37.5 Å². The van der Waals surface area contributed by atoms with Gasteiger partial charge in [0.1, 0.15) is 0 Å². The fourth-order valence-electron chi connectivity index (χ4n) is 5.22. The van der Waals surface area contributed by atoms with E-state index in [-0.39, 0.29) is 22.3 Å². The molecule has 40 heavy (non-hydrogen) atoms. The van der Waals surface area contributed by atoms with Crippen molar-refractivity contribution in [3.63, 3.8) is 0 Å². The SMILES string of the molecule is Cc1ccc(C2(NC(=O)CC3CCN(c4ncc(S(C)(=O)=O)cc4NC(=O)c4cccc(Cl)c4)CC3)CC2)cc1. The number of hydrogen-bond donors (Lipinski definition) is 2. The van der Waals surface area contributed by atoms with E-state index in [9.17, 15) is 18.0 Å². The highest BCUT2D eigenvalue weighted by atomic mass is 35.5. The topological polar surface area (TPSA) is 108 Å². The normalized spacial score (nSPS) is 16.8. The average molecular weight is 581 g/mol. The molecule has 2 N–H and O–H groups in total. The number of carbonyl (C=O) groups excluding carboxylic acids is 2. The second-order valence-electron chi connectivity index (χ2n) is 10.9. The summed E-state index contributed by atoms with van der Waals surface area (Å²) >= 11 is 6.05. The van der Waals surface area contributed by atoms with E-state index < -0.39 is 15.7 Å². The van der Waals surface area contributed by atoms with Crippen molar-refractivity contribution in [3.05, 3.63) is 82.5 Å². The third kappa shape index (κ3) is 6.47. The van der Waals surface area contributed by atoms with Crippen LogP contribution in [-0.2, 0) is 20.2 Å². The van der Waals surface area contributed by atoms with Gasteiger partial charge in [0.25, 0.3) is 5.91 Å². The van der Waals surface area contributed by atoms with Crippen LogP contribution in [0.3, 0.4) is 0 Å². The Morgan fingerprint density at radius 3 is 2.40 bits per heavy atom. The minimum absolute atomic E-state index is 0.0202. The van der Waals surface area contributed by atoms with Gasteiger partial charge >= 0.3 is 0 Å². The van der Waals surface area contributed by atoms with Crippen molar-refractivity contribution in [2.75, 3.05) is 29.6 Å². The number of amides is 2. The van der Waals surface area contributed by atoms with Gasteiger partial charge in [0.15, 0.2) is 15.7 Å². The maximum absolute atomic E-state index is 13.0. The van der Waals surface area contributed by atoms with Gasteiger partial charge in [-0.15, -0.1) is 0 Å². The zero-order valence-electron chi connectivity index (χ0n) is 22.6. The summed E-state index contributed by atoms with van der Waals surface area (Å²) in [6.07, 6.45) is 6.36. The van der Waals surface area contributed by atoms with Crippen molar-refractivity contribution in [1.29, 1.82) is 0 Å². The maximum atomic E-state index is 13.0. The zero-order chi connectivity index (χ0) is 28.5. The van der Waals surface area contributed by atoms with Crippen molar-refractivity contribution in [2.24, 2.45) is 5.92 Å². The van der Waals surface area contributed by atoms with Crippen molar-refractivity contribution in [3.8, 4) is 0 Å². The number of carbonyl (C=O) groups is 2. The number of nitrogens with zero attached hydrogens (tertiary/aromatic N) is 2. The second kappa shape index (κ2) is 11.2. The molecule has 5 rings (SSSR count). The zero-order valence-corrected chi connectivity index (χ0v) is 24.2. The van der Waals surface area contributed by atoms with Crippen LogP contribution < -0.4 is 15.5 Å². The van der Waals surface area contributed by atoms with Crippen molar-refractivity contribution in [1.82, 2.24) is 10.3 Å². The van der Waals surface area contributed by atoms with Crippen molar-refractivity contribution >= 4 is 44.8 Å². The van der Waals surface area contributed by atoms with E-state index in [1.54, 1.807) is 24.3 Å². The maximum Gasteiger partial charge on any atom is 0.255 e. The molecule has 0 atom stereocenters. The number of hydrogen-bond acceptors (Lipinski definition) is 6. The number of pyridine rings is 1. The van der Waals surface area contributed by atoms with Crippen molar-refractivity contribution in [2.45, 2.75) is 49.5 Å².